The Morgan fingerprint density at radius 1 is 0.900 bits per heavy atom. The van der Waals surface area contributed by atoms with Crippen LogP contribution >= 0.6 is 0 Å². The number of hydrogen-bond donors (Lipinski definition) is 0. The van der Waals surface area contributed by atoms with Crippen molar-refractivity contribution in [2.45, 2.75) is 6.18 Å². The lowest BCUT2D eigenvalue weighted by Gasteiger charge is -2.33. The molecule has 30 heavy (non-hydrogen) atoms. The molecule has 3 rings (SSSR count). The molecule has 7 nitrogen and oxygen atoms in total. The van der Waals surface area contributed by atoms with Gasteiger partial charge in [0.05, 0.1) is 25.5 Å². The largest absolute Gasteiger partial charge is 0.497 e. The summed E-state index contributed by atoms with van der Waals surface area (Å²) in [5.74, 6) is -1.22. The van der Waals surface area contributed by atoms with E-state index in [2.05, 4.69) is 0 Å². The van der Waals surface area contributed by atoms with E-state index in [0.717, 1.165) is 29.2 Å². The van der Waals surface area contributed by atoms with Gasteiger partial charge in [-0.05, 0) is 24.3 Å². The first-order valence-corrected chi connectivity index (χ1v) is 8.69. The molecule has 0 unspecified atom stereocenters. The van der Waals surface area contributed by atoms with E-state index < -0.39 is 42.6 Å². The molecule has 0 radical (unpaired) electrons. The number of halogens is 3. The molecule has 1 fully saturated rings. The number of alkyl halides is 3. The second-order valence-corrected chi connectivity index (χ2v) is 6.41. The van der Waals surface area contributed by atoms with Gasteiger partial charge in [0.2, 0.25) is 11.8 Å². The zero-order chi connectivity index (χ0) is 22.1. The van der Waals surface area contributed by atoms with Gasteiger partial charge in [0.15, 0.2) is 0 Å². The number of piperazine rings is 1. The number of methoxy groups -OCH3 is 2. The molecule has 10 heteroatoms. The third kappa shape index (κ3) is 4.22. The summed E-state index contributed by atoms with van der Waals surface area (Å²) in [6.07, 6.45) is -4.54. The molecule has 0 N–H and O–H groups in total. The van der Waals surface area contributed by atoms with E-state index in [1.165, 1.54) is 19.1 Å². The zero-order valence-electron chi connectivity index (χ0n) is 16.0. The summed E-state index contributed by atoms with van der Waals surface area (Å²) >= 11 is 0. The Morgan fingerprint density at radius 2 is 1.47 bits per heavy atom. The van der Waals surface area contributed by atoms with Crippen LogP contribution in [0.1, 0.15) is 15.9 Å². The molecule has 158 valence electrons. The highest BCUT2D eigenvalue weighted by atomic mass is 19.4. The van der Waals surface area contributed by atoms with Crippen LogP contribution in [0.2, 0.25) is 0 Å². The topological polar surface area (TPSA) is 76.2 Å². The smallest absolute Gasteiger partial charge is 0.416 e. The van der Waals surface area contributed by atoms with Crippen LogP contribution in [0.15, 0.2) is 42.5 Å². The lowest BCUT2D eigenvalue weighted by atomic mass is 10.1. The Morgan fingerprint density at radius 3 is 1.97 bits per heavy atom. The highest BCUT2D eigenvalue weighted by molar-refractivity contribution is 6.14. The number of ether oxygens (including phenoxy) is 2. The SMILES string of the molecule is COc1cc(OC)cc(N2CC(=O)N(C(=O)c3ccc(C(F)(F)F)cc3)CC2=O)c1. The summed E-state index contributed by atoms with van der Waals surface area (Å²) in [5, 5.41) is 0. The Balaban J connectivity index is 1.80. The van der Waals surface area contributed by atoms with Crippen molar-refractivity contribution in [2.24, 2.45) is 0 Å². The highest BCUT2D eigenvalue weighted by Gasteiger charge is 2.36. The summed E-state index contributed by atoms with van der Waals surface area (Å²) in [4.78, 5) is 39.6. The van der Waals surface area contributed by atoms with E-state index in [9.17, 15) is 27.6 Å². The minimum Gasteiger partial charge on any atom is -0.497 e. The number of imide groups is 1. The van der Waals surface area contributed by atoms with E-state index in [-0.39, 0.29) is 5.56 Å². The fourth-order valence-electron chi connectivity index (χ4n) is 2.94. The fourth-order valence-corrected chi connectivity index (χ4v) is 2.94. The van der Waals surface area contributed by atoms with Crippen molar-refractivity contribution in [3.63, 3.8) is 0 Å². The molecule has 2 aromatic carbocycles. The molecule has 0 aliphatic carbocycles. The first-order chi connectivity index (χ1) is 14.1. The van der Waals surface area contributed by atoms with Gasteiger partial charge in [-0.3, -0.25) is 19.3 Å². The second kappa shape index (κ2) is 8.05. The first kappa shape index (κ1) is 21.2. The number of anilines is 1. The van der Waals surface area contributed by atoms with E-state index in [4.69, 9.17) is 9.47 Å². The molecule has 0 atom stereocenters. The molecule has 3 amide bonds. The molecule has 0 bridgehead atoms. The van der Waals surface area contributed by atoms with Crippen LogP contribution in [0.4, 0.5) is 18.9 Å². The van der Waals surface area contributed by atoms with Gasteiger partial charge in [0, 0.05) is 23.8 Å². The van der Waals surface area contributed by atoms with Crippen LogP contribution in [0, 0.1) is 0 Å². The number of rotatable bonds is 4. The average Bonchev–Trinajstić information content (AvgIpc) is 2.73. The Hall–Kier alpha value is -3.56. The van der Waals surface area contributed by atoms with E-state index >= 15 is 0 Å². The van der Waals surface area contributed by atoms with Crippen LogP contribution in [-0.4, -0.2) is 49.9 Å². The predicted molar refractivity (Wildman–Crippen MR) is 99.4 cm³/mol. The van der Waals surface area contributed by atoms with E-state index in [1.54, 1.807) is 18.2 Å². The van der Waals surface area contributed by atoms with E-state index in [0.29, 0.717) is 17.2 Å². The normalized spacial score (nSPS) is 14.7. The first-order valence-electron chi connectivity index (χ1n) is 8.69. The summed E-state index contributed by atoms with van der Waals surface area (Å²) in [7, 11) is 2.87. The van der Waals surface area contributed by atoms with Crippen molar-refractivity contribution in [3.8, 4) is 11.5 Å². The van der Waals surface area contributed by atoms with Crippen molar-refractivity contribution < 1.29 is 37.0 Å². The molecular formula is C20H17F3N2O5. The molecule has 0 aromatic heterocycles. The lowest BCUT2D eigenvalue weighted by Crippen LogP contribution is -2.55. The van der Waals surface area contributed by atoms with Gasteiger partial charge in [0.1, 0.15) is 24.6 Å². The van der Waals surface area contributed by atoms with Gasteiger partial charge >= 0.3 is 6.18 Å². The minimum absolute atomic E-state index is 0.124. The number of benzene rings is 2. The Bertz CT molecular complexity index is 967. The number of carbonyl (C=O) groups is 3. The average molecular weight is 422 g/mol. The maximum absolute atomic E-state index is 12.7. The lowest BCUT2D eigenvalue weighted by molar-refractivity contribution is -0.137. The van der Waals surface area contributed by atoms with Gasteiger partial charge in [0.25, 0.3) is 5.91 Å². The van der Waals surface area contributed by atoms with Crippen LogP contribution in [0.5, 0.6) is 11.5 Å². The minimum atomic E-state index is -4.54. The zero-order valence-corrected chi connectivity index (χ0v) is 16.0. The number of amides is 3. The third-order valence-electron chi connectivity index (χ3n) is 4.54. The van der Waals surface area contributed by atoms with Crippen molar-refractivity contribution in [1.82, 2.24) is 4.90 Å². The van der Waals surface area contributed by atoms with Crippen LogP contribution in [0.3, 0.4) is 0 Å². The molecule has 2 aromatic rings. The van der Waals surface area contributed by atoms with Crippen LogP contribution in [-0.2, 0) is 15.8 Å². The van der Waals surface area contributed by atoms with Crippen molar-refractivity contribution in [2.75, 3.05) is 32.2 Å². The quantitative estimate of drug-likeness (QED) is 0.709. The Kier molecular flexibility index (Phi) is 5.68. The number of hydrogen-bond acceptors (Lipinski definition) is 5. The van der Waals surface area contributed by atoms with Crippen LogP contribution in [0.25, 0.3) is 0 Å². The van der Waals surface area contributed by atoms with Gasteiger partial charge in [-0.2, -0.15) is 13.2 Å². The summed E-state index contributed by atoms with van der Waals surface area (Å²) < 4.78 is 48.4. The molecule has 0 saturated carbocycles. The number of carbonyl (C=O) groups excluding carboxylic acids is 3. The molecular weight excluding hydrogens is 405 g/mol. The van der Waals surface area contributed by atoms with Gasteiger partial charge in [-0.25, -0.2) is 0 Å². The monoisotopic (exact) mass is 422 g/mol. The second-order valence-electron chi connectivity index (χ2n) is 6.41. The summed E-state index contributed by atoms with van der Waals surface area (Å²) in [6.45, 7) is -0.959. The van der Waals surface area contributed by atoms with E-state index in [1.807, 2.05) is 0 Å². The van der Waals surface area contributed by atoms with Crippen molar-refractivity contribution >= 4 is 23.4 Å². The van der Waals surface area contributed by atoms with Crippen molar-refractivity contribution in [1.29, 1.82) is 0 Å². The molecule has 1 heterocycles. The Labute approximate surface area is 169 Å². The standard InChI is InChI=1S/C20H17F3N2O5/c1-29-15-7-14(8-16(9-15)30-2)24-10-18(27)25(11-17(24)26)19(28)12-3-5-13(6-4-12)20(21,22)23/h3-9H,10-11H2,1-2H3. The van der Waals surface area contributed by atoms with Crippen molar-refractivity contribution in [3.05, 3.63) is 53.6 Å². The molecule has 1 aliphatic rings. The van der Waals surface area contributed by atoms with Gasteiger partial charge in [-0.1, -0.05) is 0 Å². The molecule has 1 saturated heterocycles. The highest BCUT2D eigenvalue weighted by Crippen LogP contribution is 2.31. The maximum Gasteiger partial charge on any atom is 0.416 e. The van der Waals surface area contributed by atoms with Crippen LogP contribution < -0.4 is 14.4 Å². The molecule has 0 spiro atoms. The predicted octanol–water partition coefficient (Wildman–Crippen LogP) is 2.74. The fraction of sp³-hybridized carbons (Fsp3) is 0.250. The maximum atomic E-state index is 12.7. The van der Waals surface area contributed by atoms with Gasteiger partial charge < -0.3 is 14.4 Å². The summed E-state index contributed by atoms with van der Waals surface area (Å²) in [5.41, 5.74) is -0.690. The third-order valence-corrected chi connectivity index (χ3v) is 4.54. The summed E-state index contributed by atoms with van der Waals surface area (Å²) in [6, 6.07) is 8.13. The molecule has 1 aliphatic heterocycles. The van der Waals surface area contributed by atoms with Gasteiger partial charge in [-0.15, -0.1) is 0 Å². The number of nitrogens with zero attached hydrogens (tertiary/aromatic N) is 2.